The number of fused-ring (bicyclic) bond motifs is 2. The van der Waals surface area contributed by atoms with E-state index in [4.69, 9.17) is 0 Å². The van der Waals surface area contributed by atoms with Gasteiger partial charge in [-0.05, 0) is 12.1 Å². The van der Waals surface area contributed by atoms with Crippen molar-refractivity contribution in [3.05, 3.63) is 55.6 Å². The Balaban J connectivity index is 2.80. The van der Waals surface area contributed by atoms with Crippen LogP contribution in [0, 0.1) is 0 Å². The average molecular weight is 258 g/mol. The topological polar surface area (TPSA) is 78.4 Å². The zero-order valence-corrected chi connectivity index (χ0v) is 10.3. The van der Waals surface area contributed by atoms with E-state index >= 15 is 0 Å². The first kappa shape index (κ1) is 11.4. The van der Waals surface area contributed by atoms with Crippen molar-refractivity contribution >= 4 is 16.7 Å². The molecule has 0 unspecified atom stereocenters. The van der Waals surface area contributed by atoms with E-state index in [0.717, 1.165) is 4.57 Å². The van der Waals surface area contributed by atoms with Crippen molar-refractivity contribution in [3.8, 4) is 0 Å². The maximum atomic E-state index is 12.3. The first-order valence-electron chi connectivity index (χ1n) is 5.59. The molecule has 7 heteroatoms. The van der Waals surface area contributed by atoms with E-state index in [-0.39, 0.29) is 11.0 Å². The van der Waals surface area contributed by atoms with Crippen molar-refractivity contribution in [2.24, 2.45) is 14.1 Å². The summed E-state index contributed by atoms with van der Waals surface area (Å²) in [5.74, 6) is 0. The van der Waals surface area contributed by atoms with Gasteiger partial charge in [0.15, 0.2) is 5.65 Å². The van der Waals surface area contributed by atoms with Crippen molar-refractivity contribution in [2.75, 3.05) is 0 Å². The lowest BCUT2D eigenvalue weighted by Gasteiger charge is -2.07. The molecule has 0 amide bonds. The summed E-state index contributed by atoms with van der Waals surface area (Å²) in [6.45, 7) is 0. The number of pyridine rings is 1. The summed E-state index contributed by atoms with van der Waals surface area (Å²) in [6.07, 6.45) is 1.54. The van der Waals surface area contributed by atoms with Crippen LogP contribution in [0.15, 0.2) is 38.8 Å². The van der Waals surface area contributed by atoms with Gasteiger partial charge in [-0.25, -0.2) is 9.78 Å². The highest BCUT2D eigenvalue weighted by Gasteiger charge is 2.14. The lowest BCUT2D eigenvalue weighted by atomic mass is 10.3. The van der Waals surface area contributed by atoms with E-state index in [1.807, 2.05) is 0 Å². The SMILES string of the molecule is Cn1c(=O)c2c(=O)n3ccccc3nc2n(C)c1=O. The molecule has 0 radical (unpaired) electrons. The summed E-state index contributed by atoms with van der Waals surface area (Å²) in [5.41, 5.74) is -1.12. The molecule has 0 bridgehead atoms. The van der Waals surface area contributed by atoms with Gasteiger partial charge in [0, 0.05) is 20.3 Å². The predicted molar refractivity (Wildman–Crippen MR) is 69.5 cm³/mol. The molecule has 7 nitrogen and oxygen atoms in total. The van der Waals surface area contributed by atoms with E-state index in [2.05, 4.69) is 4.98 Å². The Bertz CT molecular complexity index is 994. The third-order valence-corrected chi connectivity index (χ3v) is 3.13. The lowest BCUT2D eigenvalue weighted by Crippen LogP contribution is -2.40. The number of hydrogen-bond donors (Lipinski definition) is 0. The van der Waals surface area contributed by atoms with E-state index in [1.165, 1.54) is 29.3 Å². The van der Waals surface area contributed by atoms with E-state index in [1.54, 1.807) is 18.2 Å². The first-order valence-corrected chi connectivity index (χ1v) is 5.59. The largest absolute Gasteiger partial charge is 0.332 e. The monoisotopic (exact) mass is 258 g/mol. The molecule has 0 aliphatic heterocycles. The van der Waals surface area contributed by atoms with Crippen LogP contribution >= 0.6 is 0 Å². The maximum Gasteiger partial charge on any atom is 0.332 e. The van der Waals surface area contributed by atoms with Crippen LogP contribution in [0.25, 0.3) is 16.7 Å². The van der Waals surface area contributed by atoms with Crippen LogP contribution in [0.3, 0.4) is 0 Å². The van der Waals surface area contributed by atoms with Gasteiger partial charge in [-0.2, -0.15) is 0 Å². The minimum absolute atomic E-state index is 0.0895. The van der Waals surface area contributed by atoms with Gasteiger partial charge in [0.05, 0.1) is 0 Å². The van der Waals surface area contributed by atoms with Gasteiger partial charge in [-0.15, -0.1) is 0 Å². The number of aryl methyl sites for hydroxylation is 1. The maximum absolute atomic E-state index is 12.3. The van der Waals surface area contributed by atoms with Crippen molar-refractivity contribution in [3.63, 3.8) is 0 Å². The summed E-state index contributed by atoms with van der Waals surface area (Å²) < 4.78 is 3.39. The molecule has 3 heterocycles. The van der Waals surface area contributed by atoms with Gasteiger partial charge in [0.1, 0.15) is 11.0 Å². The molecule has 0 aliphatic rings. The number of rotatable bonds is 0. The number of hydrogen-bond acceptors (Lipinski definition) is 4. The molecular weight excluding hydrogens is 248 g/mol. The molecule has 19 heavy (non-hydrogen) atoms. The van der Waals surface area contributed by atoms with Gasteiger partial charge < -0.3 is 0 Å². The van der Waals surface area contributed by atoms with Crippen molar-refractivity contribution < 1.29 is 0 Å². The molecule has 0 fully saturated rings. The van der Waals surface area contributed by atoms with Crippen LogP contribution in [0.4, 0.5) is 0 Å². The van der Waals surface area contributed by atoms with Gasteiger partial charge in [0.2, 0.25) is 0 Å². The lowest BCUT2D eigenvalue weighted by molar-refractivity contribution is 0.705. The fraction of sp³-hybridized carbons (Fsp3) is 0.167. The Morgan fingerprint density at radius 2 is 1.74 bits per heavy atom. The molecule has 0 aliphatic carbocycles. The van der Waals surface area contributed by atoms with Crippen molar-refractivity contribution in [1.29, 1.82) is 0 Å². The fourth-order valence-electron chi connectivity index (χ4n) is 2.08. The molecule has 0 spiro atoms. The normalized spacial score (nSPS) is 11.3. The smallest absolute Gasteiger partial charge is 0.280 e. The Morgan fingerprint density at radius 3 is 2.47 bits per heavy atom. The van der Waals surface area contributed by atoms with Gasteiger partial charge >= 0.3 is 5.69 Å². The van der Waals surface area contributed by atoms with Gasteiger partial charge in [-0.3, -0.25) is 23.1 Å². The molecule has 0 N–H and O–H groups in total. The van der Waals surface area contributed by atoms with E-state index in [9.17, 15) is 14.4 Å². The van der Waals surface area contributed by atoms with Gasteiger partial charge in [-0.1, -0.05) is 6.07 Å². The van der Waals surface area contributed by atoms with Crippen LogP contribution in [0.5, 0.6) is 0 Å². The highest BCUT2D eigenvalue weighted by Crippen LogP contribution is 2.02. The van der Waals surface area contributed by atoms with Gasteiger partial charge in [0.25, 0.3) is 11.1 Å². The Labute approximate surface area is 106 Å². The van der Waals surface area contributed by atoms with Crippen LogP contribution < -0.4 is 16.8 Å². The molecule has 0 saturated carbocycles. The summed E-state index contributed by atoms with van der Waals surface area (Å²) >= 11 is 0. The summed E-state index contributed by atoms with van der Waals surface area (Å²) in [4.78, 5) is 40.4. The summed E-state index contributed by atoms with van der Waals surface area (Å²) in [6, 6.07) is 5.05. The molecule has 0 atom stereocenters. The molecule has 3 rings (SSSR count). The number of nitrogens with zero attached hydrogens (tertiary/aromatic N) is 4. The predicted octanol–water partition coefficient (Wildman–Crippen LogP) is -0.755. The highest BCUT2D eigenvalue weighted by atomic mass is 16.2. The Morgan fingerprint density at radius 1 is 1.00 bits per heavy atom. The van der Waals surface area contributed by atoms with Crippen molar-refractivity contribution in [1.82, 2.24) is 18.5 Å². The molecule has 0 aromatic carbocycles. The molecular formula is C12H10N4O3. The minimum Gasteiger partial charge on any atom is -0.280 e. The molecule has 96 valence electrons. The fourth-order valence-corrected chi connectivity index (χ4v) is 2.08. The van der Waals surface area contributed by atoms with Crippen LogP contribution in [0.2, 0.25) is 0 Å². The second-order valence-corrected chi connectivity index (χ2v) is 4.25. The van der Waals surface area contributed by atoms with Crippen LogP contribution in [-0.2, 0) is 14.1 Å². The average Bonchev–Trinajstić information content (AvgIpc) is 2.43. The molecule has 3 aromatic rings. The first-order chi connectivity index (χ1) is 9.02. The zero-order valence-electron chi connectivity index (χ0n) is 10.3. The van der Waals surface area contributed by atoms with E-state index in [0.29, 0.717) is 5.65 Å². The Kier molecular flexibility index (Phi) is 2.19. The third kappa shape index (κ3) is 1.38. The molecule has 3 aromatic heterocycles. The minimum atomic E-state index is -0.631. The summed E-state index contributed by atoms with van der Waals surface area (Å²) in [7, 11) is 2.82. The van der Waals surface area contributed by atoms with Crippen LogP contribution in [0.1, 0.15) is 0 Å². The van der Waals surface area contributed by atoms with E-state index < -0.39 is 16.8 Å². The Hall–Kier alpha value is -2.70. The third-order valence-electron chi connectivity index (χ3n) is 3.13. The quantitative estimate of drug-likeness (QED) is 0.497. The second-order valence-electron chi connectivity index (χ2n) is 4.25. The highest BCUT2D eigenvalue weighted by molar-refractivity contribution is 5.75. The zero-order chi connectivity index (χ0) is 13.7. The second kappa shape index (κ2) is 3.64. The summed E-state index contributed by atoms with van der Waals surface area (Å²) in [5, 5.41) is -0.0895. The standard InChI is InChI=1S/C12H10N4O3/c1-14-9-8(10(17)15(2)12(14)19)11(18)16-6-4-3-5-7(16)13-9/h3-6H,1-2H3. The van der Waals surface area contributed by atoms with Crippen LogP contribution in [-0.4, -0.2) is 18.5 Å². The number of aromatic nitrogens is 4. The molecule has 0 saturated heterocycles. The van der Waals surface area contributed by atoms with Crippen molar-refractivity contribution in [2.45, 2.75) is 0 Å².